The van der Waals surface area contributed by atoms with Crippen molar-refractivity contribution >= 4 is 86.6 Å². The Bertz CT molecular complexity index is 2210. The molecule has 3 fully saturated rings. The van der Waals surface area contributed by atoms with E-state index in [4.69, 9.17) is 22.9 Å². The molecule has 1 aromatic carbocycles. The summed E-state index contributed by atoms with van der Waals surface area (Å²) in [5.41, 5.74) is 22.7. The first-order valence-corrected chi connectivity index (χ1v) is 28.3. The second-order valence-corrected chi connectivity index (χ2v) is 22.8. The van der Waals surface area contributed by atoms with Gasteiger partial charge in [0.25, 0.3) is 0 Å². The Kier molecular flexibility index (Phi) is 24.4. The van der Waals surface area contributed by atoms with Gasteiger partial charge in [-0.05, 0) is 62.8 Å². The van der Waals surface area contributed by atoms with Gasteiger partial charge >= 0.3 is 0 Å². The van der Waals surface area contributed by atoms with E-state index in [1.807, 2.05) is 19.9 Å². The highest BCUT2D eigenvalue weighted by Gasteiger charge is 2.43. The molecule has 3 aliphatic rings. The van der Waals surface area contributed by atoms with Crippen molar-refractivity contribution in [3.8, 4) is 0 Å². The van der Waals surface area contributed by atoms with Crippen LogP contribution in [0.25, 0.3) is 0 Å². The summed E-state index contributed by atoms with van der Waals surface area (Å²) in [6.07, 6.45) is 4.86. The summed E-state index contributed by atoms with van der Waals surface area (Å²) in [6.45, 7) is 8.82. The van der Waals surface area contributed by atoms with E-state index >= 15 is 0 Å². The first-order chi connectivity index (χ1) is 35.6. The summed E-state index contributed by atoms with van der Waals surface area (Å²) in [6, 6.07) is -0.996. The molecule has 2 aliphatic heterocycles. The zero-order chi connectivity index (χ0) is 55.4. The molecule has 416 valence electrons. The number of carbonyl (C=O) groups excluding carboxylic acids is 10. The lowest BCUT2D eigenvalue weighted by molar-refractivity contribution is -0.142. The van der Waals surface area contributed by atoms with E-state index in [2.05, 4.69) is 42.2 Å². The van der Waals surface area contributed by atoms with Crippen LogP contribution in [-0.2, 0) is 54.4 Å². The third kappa shape index (κ3) is 18.9. The van der Waals surface area contributed by atoms with Crippen molar-refractivity contribution in [1.29, 1.82) is 0 Å². The molecule has 0 aromatic heterocycles. The van der Waals surface area contributed by atoms with Gasteiger partial charge < -0.3 is 65.1 Å². The second kappa shape index (κ2) is 29.8. The summed E-state index contributed by atoms with van der Waals surface area (Å²) >= 11 is 0. The number of hydrogen-bond acceptors (Lipinski definition) is 13. The number of likely N-dealkylation sites (tertiary alicyclic amines) is 1. The average Bonchev–Trinajstić information content (AvgIpc) is 3.87. The molecule has 25 heteroatoms. The van der Waals surface area contributed by atoms with Gasteiger partial charge in [-0.2, -0.15) is 0 Å². The summed E-state index contributed by atoms with van der Waals surface area (Å²) < 4.78 is -0.663. The molecule has 2 saturated heterocycles. The molecule has 1 spiro atoms. The van der Waals surface area contributed by atoms with E-state index in [-0.39, 0.29) is 68.7 Å². The predicted octanol–water partition coefficient (Wildman–Crippen LogP) is -0.372. The van der Waals surface area contributed by atoms with Gasteiger partial charge in [0.2, 0.25) is 59.1 Å². The lowest BCUT2D eigenvalue weighted by Gasteiger charge is -2.37. The number of hydrogen-bond donors (Lipinski definition) is 11. The van der Waals surface area contributed by atoms with E-state index in [1.54, 1.807) is 38.1 Å². The van der Waals surface area contributed by atoms with Crippen LogP contribution in [0.2, 0.25) is 0 Å². The first-order valence-electron chi connectivity index (χ1n) is 26.0. The maximum absolute atomic E-state index is 14.9. The largest absolute Gasteiger partial charge is 0.370 e. The van der Waals surface area contributed by atoms with Crippen LogP contribution < -0.4 is 60.2 Å². The van der Waals surface area contributed by atoms with E-state index in [0.29, 0.717) is 37.7 Å². The van der Waals surface area contributed by atoms with Gasteiger partial charge in [0.15, 0.2) is 5.96 Å². The Balaban J connectivity index is 1.75. The number of nitrogens with one attached hydrogen (secondary N) is 7. The predicted molar refractivity (Wildman–Crippen MR) is 286 cm³/mol. The fraction of sp³-hybridized carbons (Fsp3) is 0.660. The van der Waals surface area contributed by atoms with Gasteiger partial charge in [-0.15, -0.1) is 0 Å². The van der Waals surface area contributed by atoms with E-state index in [0.717, 1.165) is 19.3 Å². The maximum Gasteiger partial charge on any atom is 0.246 e. The van der Waals surface area contributed by atoms with Crippen LogP contribution >= 0.6 is 21.6 Å². The van der Waals surface area contributed by atoms with Crippen molar-refractivity contribution in [2.75, 3.05) is 18.8 Å². The molecule has 2 unspecified atom stereocenters. The van der Waals surface area contributed by atoms with Gasteiger partial charge in [0, 0.05) is 36.4 Å². The summed E-state index contributed by atoms with van der Waals surface area (Å²) in [5, 5.41) is 19.2. The quantitative estimate of drug-likeness (QED) is 0.0387. The van der Waals surface area contributed by atoms with Crippen molar-refractivity contribution in [1.82, 2.24) is 42.1 Å². The number of aliphatic imine (C=N–C) groups is 1. The Morgan fingerprint density at radius 3 is 1.99 bits per heavy atom. The van der Waals surface area contributed by atoms with Gasteiger partial charge in [0.1, 0.15) is 48.3 Å². The Labute approximate surface area is 447 Å². The number of benzene rings is 1. The van der Waals surface area contributed by atoms with Crippen molar-refractivity contribution in [3.63, 3.8) is 0 Å². The number of nitrogens with two attached hydrogens (primary N) is 4. The molecule has 1 aliphatic carbocycles. The monoisotopic (exact) mass is 1090 g/mol. The van der Waals surface area contributed by atoms with Crippen LogP contribution in [0, 0.1) is 11.8 Å². The average molecular weight is 1090 g/mol. The maximum atomic E-state index is 14.9. The van der Waals surface area contributed by atoms with Crippen molar-refractivity contribution in [3.05, 3.63) is 35.9 Å². The van der Waals surface area contributed by atoms with Crippen LogP contribution in [0.3, 0.4) is 0 Å². The second-order valence-electron chi connectivity index (χ2n) is 20.0. The SMILES string of the molecule is CC[C@@H](C)[C@H]1NC(=O)CC2(CCCCC2)SSCC(C(=O)N2CCC[C@H]2C(=O)N[C@@H](CCCN=C(N)N)C(=O)N[C@@H](C)C(N)=O)NC(=O)[C@H](CC(N)=O)NC(=O)[C@H]([C@@H](C)CC)NC(=O)C(Cc2ccccc2)NC1=O. The molecule has 2 heterocycles. The van der Waals surface area contributed by atoms with Gasteiger partial charge in [0.05, 0.1) is 6.42 Å². The van der Waals surface area contributed by atoms with E-state index < -0.39 is 119 Å². The normalized spacial score (nSPS) is 24.8. The number of carbonyl (C=O) groups is 10. The molecule has 0 bridgehead atoms. The smallest absolute Gasteiger partial charge is 0.246 e. The van der Waals surface area contributed by atoms with Crippen molar-refractivity contribution in [2.24, 2.45) is 39.8 Å². The van der Waals surface area contributed by atoms with Crippen LogP contribution in [0.1, 0.15) is 124 Å². The molecule has 0 radical (unpaired) electrons. The van der Waals surface area contributed by atoms with Gasteiger partial charge in [-0.1, -0.05) is 112 Å². The number of amides is 10. The minimum absolute atomic E-state index is 0.0143. The molecule has 10 amide bonds. The fourth-order valence-electron chi connectivity index (χ4n) is 9.26. The molecule has 23 nitrogen and oxygen atoms in total. The number of nitrogens with zero attached hydrogens (tertiary/aromatic N) is 2. The van der Waals surface area contributed by atoms with E-state index in [1.165, 1.54) is 33.4 Å². The molecular formula is C50H79N13O10S2. The number of guanidine groups is 1. The molecule has 15 N–H and O–H groups in total. The highest BCUT2D eigenvalue weighted by atomic mass is 33.1. The molecule has 1 saturated carbocycles. The molecule has 1 aromatic rings. The highest BCUT2D eigenvalue weighted by molar-refractivity contribution is 8.77. The van der Waals surface area contributed by atoms with Crippen LogP contribution in [0.5, 0.6) is 0 Å². The Morgan fingerprint density at radius 2 is 1.39 bits per heavy atom. The zero-order valence-electron chi connectivity index (χ0n) is 43.8. The highest BCUT2D eigenvalue weighted by Crippen LogP contribution is 2.48. The third-order valence-electron chi connectivity index (χ3n) is 14.1. The van der Waals surface area contributed by atoms with Crippen molar-refractivity contribution in [2.45, 2.75) is 178 Å². The zero-order valence-corrected chi connectivity index (χ0v) is 45.4. The molecular weight excluding hydrogens is 1010 g/mol. The van der Waals surface area contributed by atoms with Crippen molar-refractivity contribution < 1.29 is 47.9 Å². The van der Waals surface area contributed by atoms with Gasteiger partial charge in [-0.3, -0.25) is 52.9 Å². The first kappa shape index (κ1) is 61.4. The minimum atomic E-state index is -1.64. The standard InChI is InChI=1S/C50H79N13O10S2/c1-6-28(3)39-46(71)58-33(24-31-16-10-8-11-17-31)44(69)62-40(29(4)7-2)47(72)59-34(25-37(51)64)43(68)60-35(27-74-75-50(26-38(65)61-39)20-12-9-13-21-50)48(73)63-23-15-19-36(63)45(70)57-32(18-14-22-55-49(53)54)42(67)56-30(5)41(52)66/h8,10-11,16-17,28-30,32-36,39-40H,6-7,9,12-15,18-27H2,1-5H3,(H2,51,64)(H2,52,66)(H,56,67)(H,57,70)(H,58,71)(H,59,72)(H,60,68)(H,61,65)(H,62,69)(H4,53,54,55)/t28-,29+,30+,32+,33?,34+,35?,36+,39-,40+/m1/s1. The summed E-state index contributed by atoms with van der Waals surface area (Å²) in [4.78, 5) is 144. The third-order valence-corrected chi connectivity index (χ3v) is 17.4. The Morgan fingerprint density at radius 1 is 0.773 bits per heavy atom. The fourth-order valence-corrected chi connectivity index (χ4v) is 12.6. The summed E-state index contributed by atoms with van der Waals surface area (Å²) in [5.74, 6) is -8.48. The molecule has 10 atom stereocenters. The summed E-state index contributed by atoms with van der Waals surface area (Å²) in [7, 11) is 2.63. The van der Waals surface area contributed by atoms with E-state index in [9.17, 15) is 47.9 Å². The number of rotatable bonds is 18. The van der Waals surface area contributed by atoms with Gasteiger partial charge in [-0.25, -0.2) is 0 Å². The molecule has 4 rings (SSSR count). The Hall–Kier alpha value is -6.11. The van der Waals surface area contributed by atoms with Crippen LogP contribution in [0.15, 0.2) is 35.3 Å². The minimum Gasteiger partial charge on any atom is -0.370 e. The lowest BCUT2D eigenvalue weighted by atomic mass is 9.85. The lowest BCUT2D eigenvalue weighted by Crippen LogP contribution is -2.62. The number of primary amides is 2. The van der Waals surface area contributed by atoms with Crippen LogP contribution in [0.4, 0.5) is 0 Å². The van der Waals surface area contributed by atoms with Crippen LogP contribution in [-0.4, -0.2) is 142 Å². The topological polar surface area (TPSA) is 375 Å². The molecule has 75 heavy (non-hydrogen) atoms.